The summed E-state index contributed by atoms with van der Waals surface area (Å²) in [7, 11) is 2.03. The highest BCUT2D eigenvalue weighted by Gasteiger charge is 2.24. The summed E-state index contributed by atoms with van der Waals surface area (Å²) in [4.78, 5) is 14.4. The minimum atomic E-state index is 0.224. The van der Waals surface area contributed by atoms with Gasteiger partial charge in [0.2, 0.25) is 5.91 Å². The third-order valence-corrected chi connectivity index (χ3v) is 4.82. The van der Waals surface area contributed by atoms with E-state index in [-0.39, 0.29) is 5.91 Å². The van der Waals surface area contributed by atoms with Crippen molar-refractivity contribution in [1.82, 2.24) is 15.5 Å². The van der Waals surface area contributed by atoms with Crippen molar-refractivity contribution in [2.45, 2.75) is 57.5 Å². The van der Waals surface area contributed by atoms with E-state index in [0.29, 0.717) is 24.5 Å². The molecule has 1 saturated heterocycles. The largest absolute Gasteiger partial charge is 0.352 e. The number of nitrogens with one attached hydrogen (secondary N) is 2. The van der Waals surface area contributed by atoms with Gasteiger partial charge in [-0.05, 0) is 38.6 Å². The molecule has 2 unspecified atom stereocenters. The number of hydrogen-bond acceptors (Lipinski definition) is 3. The van der Waals surface area contributed by atoms with E-state index in [1.165, 1.54) is 19.3 Å². The first-order chi connectivity index (χ1) is 9.19. The van der Waals surface area contributed by atoms with Crippen LogP contribution in [-0.4, -0.2) is 49.6 Å². The summed E-state index contributed by atoms with van der Waals surface area (Å²) < 4.78 is 0. The maximum atomic E-state index is 12.1. The number of rotatable bonds is 4. The normalized spacial score (nSPS) is 30.2. The minimum Gasteiger partial charge on any atom is -0.352 e. The molecule has 110 valence electrons. The molecule has 2 aliphatic rings. The number of amides is 1. The molecule has 1 aliphatic heterocycles. The van der Waals surface area contributed by atoms with E-state index in [0.717, 1.165) is 32.4 Å². The van der Waals surface area contributed by atoms with Crippen LogP contribution < -0.4 is 10.6 Å². The summed E-state index contributed by atoms with van der Waals surface area (Å²) in [6.45, 7) is 4.93. The second-order valence-electron chi connectivity index (χ2n) is 6.27. The second kappa shape index (κ2) is 7.25. The Morgan fingerprint density at radius 3 is 2.47 bits per heavy atom. The van der Waals surface area contributed by atoms with Crippen molar-refractivity contribution in [3.05, 3.63) is 0 Å². The van der Waals surface area contributed by atoms with E-state index >= 15 is 0 Å². The van der Waals surface area contributed by atoms with Gasteiger partial charge >= 0.3 is 0 Å². The van der Waals surface area contributed by atoms with E-state index in [4.69, 9.17) is 0 Å². The second-order valence-corrected chi connectivity index (χ2v) is 6.27. The highest BCUT2D eigenvalue weighted by molar-refractivity contribution is 5.78. The van der Waals surface area contributed by atoms with Crippen LogP contribution in [0.2, 0.25) is 0 Å². The Balaban J connectivity index is 1.69. The van der Waals surface area contributed by atoms with Crippen molar-refractivity contribution in [2.75, 3.05) is 26.7 Å². The van der Waals surface area contributed by atoms with E-state index in [9.17, 15) is 4.79 Å². The van der Waals surface area contributed by atoms with Crippen molar-refractivity contribution >= 4 is 5.91 Å². The standard InChI is InChI=1S/C15H29N3O/c1-12-5-3-4-6-14(12)17-15(19)11-18-9-7-13(16-2)8-10-18/h12-14,16H,3-11H2,1-2H3,(H,17,19). The molecule has 1 aliphatic carbocycles. The van der Waals surface area contributed by atoms with Gasteiger partial charge in [-0.3, -0.25) is 9.69 Å². The molecule has 0 spiro atoms. The average molecular weight is 267 g/mol. The predicted octanol–water partition coefficient (Wildman–Crippen LogP) is 1.37. The van der Waals surface area contributed by atoms with Crippen molar-refractivity contribution in [2.24, 2.45) is 5.92 Å². The summed E-state index contributed by atoms with van der Waals surface area (Å²) in [5.41, 5.74) is 0. The number of nitrogens with zero attached hydrogens (tertiary/aromatic N) is 1. The van der Waals surface area contributed by atoms with Gasteiger partial charge in [0.05, 0.1) is 6.54 Å². The molecule has 0 radical (unpaired) electrons. The maximum Gasteiger partial charge on any atom is 0.234 e. The van der Waals surface area contributed by atoms with Crippen LogP contribution in [0.4, 0.5) is 0 Å². The van der Waals surface area contributed by atoms with Gasteiger partial charge in [0.1, 0.15) is 0 Å². The molecule has 1 saturated carbocycles. The SMILES string of the molecule is CNC1CCN(CC(=O)NC2CCCCC2C)CC1. The van der Waals surface area contributed by atoms with Crippen molar-refractivity contribution < 1.29 is 4.79 Å². The van der Waals surface area contributed by atoms with Crippen LogP contribution in [0, 0.1) is 5.92 Å². The van der Waals surface area contributed by atoms with Crippen LogP contribution in [0.1, 0.15) is 45.4 Å². The first-order valence-corrected chi connectivity index (χ1v) is 7.88. The molecule has 4 nitrogen and oxygen atoms in total. The van der Waals surface area contributed by atoms with Crippen molar-refractivity contribution in [3.63, 3.8) is 0 Å². The molecule has 2 N–H and O–H groups in total. The van der Waals surface area contributed by atoms with Crippen LogP contribution in [-0.2, 0) is 4.79 Å². The number of carbonyl (C=O) groups excluding carboxylic acids is 1. The van der Waals surface area contributed by atoms with E-state index in [2.05, 4.69) is 22.5 Å². The lowest BCUT2D eigenvalue weighted by molar-refractivity contribution is -0.123. The molecule has 2 fully saturated rings. The van der Waals surface area contributed by atoms with E-state index in [1.54, 1.807) is 0 Å². The molecular weight excluding hydrogens is 238 g/mol. The summed E-state index contributed by atoms with van der Waals surface area (Å²) in [5.74, 6) is 0.870. The molecule has 4 heteroatoms. The lowest BCUT2D eigenvalue weighted by atomic mass is 9.86. The third-order valence-electron chi connectivity index (χ3n) is 4.82. The molecular formula is C15H29N3O. The quantitative estimate of drug-likeness (QED) is 0.808. The lowest BCUT2D eigenvalue weighted by Gasteiger charge is -2.33. The fraction of sp³-hybridized carbons (Fsp3) is 0.933. The Kier molecular flexibility index (Phi) is 5.64. The van der Waals surface area contributed by atoms with Gasteiger partial charge < -0.3 is 10.6 Å². The zero-order valence-corrected chi connectivity index (χ0v) is 12.5. The summed E-state index contributed by atoms with van der Waals surface area (Å²) in [6, 6.07) is 1.05. The van der Waals surface area contributed by atoms with Crippen LogP contribution in [0.25, 0.3) is 0 Å². The topological polar surface area (TPSA) is 44.4 Å². The first kappa shape index (κ1) is 14.8. The molecule has 1 amide bonds. The number of hydrogen-bond donors (Lipinski definition) is 2. The van der Waals surface area contributed by atoms with Gasteiger partial charge in [-0.1, -0.05) is 19.8 Å². The van der Waals surface area contributed by atoms with E-state index < -0.39 is 0 Å². The zero-order valence-electron chi connectivity index (χ0n) is 12.5. The Hall–Kier alpha value is -0.610. The van der Waals surface area contributed by atoms with Gasteiger partial charge in [0, 0.05) is 25.2 Å². The third kappa shape index (κ3) is 4.46. The average Bonchev–Trinajstić information content (AvgIpc) is 2.42. The van der Waals surface area contributed by atoms with E-state index in [1.807, 2.05) is 7.05 Å². The smallest absolute Gasteiger partial charge is 0.234 e. The fourth-order valence-electron chi connectivity index (χ4n) is 3.37. The summed E-state index contributed by atoms with van der Waals surface area (Å²) in [5, 5.41) is 6.57. The molecule has 0 bridgehead atoms. The van der Waals surface area contributed by atoms with Crippen molar-refractivity contribution in [3.8, 4) is 0 Å². The predicted molar refractivity (Wildman–Crippen MR) is 78.1 cm³/mol. The zero-order chi connectivity index (χ0) is 13.7. The van der Waals surface area contributed by atoms with Gasteiger partial charge in [-0.2, -0.15) is 0 Å². The van der Waals surface area contributed by atoms with Crippen molar-refractivity contribution in [1.29, 1.82) is 0 Å². The van der Waals surface area contributed by atoms with Crippen LogP contribution in [0.15, 0.2) is 0 Å². The summed E-state index contributed by atoms with van der Waals surface area (Å²) >= 11 is 0. The molecule has 19 heavy (non-hydrogen) atoms. The molecule has 2 atom stereocenters. The van der Waals surface area contributed by atoms with Gasteiger partial charge in [-0.25, -0.2) is 0 Å². The Morgan fingerprint density at radius 1 is 1.16 bits per heavy atom. The van der Waals surface area contributed by atoms with Gasteiger partial charge in [0.15, 0.2) is 0 Å². The minimum absolute atomic E-state index is 0.224. The highest BCUT2D eigenvalue weighted by atomic mass is 16.2. The Bertz CT molecular complexity index is 287. The molecule has 1 heterocycles. The van der Waals surface area contributed by atoms with Crippen LogP contribution in [0.5, 0.6) is 0 Å². The Labute approximate surface area is 117 Å². The Morgan fingerprint density at radius 2 is 1.84 bits per heavy atom. The number of likely N-dealkylation sites (tertiary alicyclic amines) is 1. The fourth-order valence-corrected chi connectivity index (χ4v) is 3.37. The molecule has 0 aromatic carbocycles. The summed E-state index contributed by atoms with van der Waals surface area (Å²) in [6.07, 6.45) is 7.33. The number of carbonyl (C=O) groups is 1. The van der Waals surface area contributed by atoms with Gasteiger partial charge in [0.25, 0.3) is 0 Å². The molecule has 0 aromatic rings. The first-order valence-electron chi connectivity index (χ1n) is 7.88. The number of piperidine rings is 1. The monoisotopic (exact) mass is 267 g/mol. The van der Waals surface area contributed by atoms with Gasteiger partial charge in [-0.15, -0.1) is 0 Å². The lowest BCUT2D eigenvalue weighted by Crippen LogP contribution is -2.48. The molecule has 2 rings (SSSR count). The van der Waals surface area contributed by atoms with Crippen LogP contribution in [0.3, 0.4) is 0 Å². The maximum absolute atomic E-state index is 12.1. The molecule has 0 aromatic heterocycles. The highest BCUT2D eigenvalue weighted by Crippen LogP contribution is 2.23. The van der Waals surface area contributed by atoms with Crippen LogP contribution >= 0.6 is 0 Å².